The molecular weight excluding hydrogens is 616 g/mol. The third-order valence-corrected chi connectivity index (χ3v) is 9.11. The molecule has 1 atom stereocenters. The molecule has 238 valence electrons. The van der Waals surface area contributed by atoms with Gasteiger partial charge in [-0.25, -0.2) is 4.98 Å². The molecule has 3 heterocycles. The number of ether oxygens (including phenoxy) is 4. The van der Waals surface area contributed by atoms with Crippen molar-refractivity contribution in [3.8, 4) is 23.0 Å². The minimum Gasteiger partial charge on any atom is -0.507 e. The number of thiazole rings is 1. The van der Waals surface area contributed by atoms with Crippen molar-refractivity contribution in [1.29, 1.82) is 0 Å². The van der Waals surface area contributed by atoms with E-state index < -0.39 is 17.7 Å². The van der Waals surface area contributed by atoms with E-state index >= 15 is 0 Å². The molecule has 7 rings (SSSR count). The summed E-state index contributed by atoms with van der Waals surface area (Å²) >= 11 is 1.32. The number of aromatic nitrogens is 1. The molecule has 9 nitrogen and oxygen atoms in total. The monoisotopic (exact) mass is 648 g/mol. The molecule has 10 heteroatoms. The molecule has 1 N–H and O–H groups in total. The average Bonchev–Trinajstić information content (AvgIpc) is 3.62. The Hall–Kier alpha value is -5.35. The molecule has 0 spiro atoms. The third-order valence-electron chi connectivity index (χ3n) is 8.11. The highest BCUT2D eigenvalue weighted by Crippen LogP contribution is 2.47. The molecule has 1 amide bonds. The van der Waals surface area contributed by atoms with Crippen LogP contribution in [0.15, 0.2) is 84.4 Å². The second kappa shape index (κ2) is 12.4. The smallest absolute Gasteiger partial charge is 0.301 e. The van der Waals surface area contributed by atoms with Crippen LogP contribution in [0.4, 0.5) is 5.13 Å². The van der Waals surface area contributed by atoms with Crippen LogP contribution in [-0.4, -0.2) is 41.6 Å². The fraction of sp³-hybridized carbons (Fsp3) is 0.216. The van der Waals surface area contributed by atoms with Gasteiger partial charge >= 0.3 is 5.91 Å². The first-order chi connectivity index (χ1) is 22.8. The van der Waals surface area contributed by atoms with Crippen LogP contribution in [0.1, 0.15) is 40.8 Å². The summed E-state index contributed by atoms with van der Waals surface area (Å²) < 4.78 is 24.4. The molecular formula is C37H32N2O7S. The molecule has 4 aromatic carbocycles. The van der Waals surface area contributed by atoms with Crippen molar-refractivity contribution in [3.63, 3.8) is 0 Å². The van der Waals surface area contributed by atoms with Gasteiger partial charge in [0.25, 0.3) is 5.78 Å². The highest BCUT2D eigenvalue weighted by Gasteiger charge is 2.48. The molecule has 0 radical (unpaired) electrons. The number of nitrogens with zero attached hydrogens (tertiary/aromatic N) is 2. The number of anilines is 1. The lowest BCUT2D eigenvalue weighted by Gasteiger charge is -2.24. The Morgan fingerprint density at radius 1 is 0.936 bits per heavy atom. The Morgan fingerprint density at radius 3 is 2.51 bits per heavy atom. The molecule has 5 aromatic rings. The molecule has 0 unspecified atom stereocenters. The lowest BCUT2D eigenvalue weighted by atomic mass is 9.95. The van der Waals surface area contributed by atoms with Crippen LogP contribution in [0.25, 0.3) is 16.0 Å². The summed E-state index contributed by atoms with van der Waals surface area (Å²) in [5.41, 5.74) is 4.57. The van der Waals surface area contributed by atoms with Crippen molar-refractivity contribution in [2.24, 2.45) is 0 Å². The van der Waals surface area contributed by atoms with E-state index in [4.69, 9.17) is 23.9 Å². The highest BCUT2D eigenvalue weighted by molar-refractivity contribution is 7.22. The molecule has 47 heavy (non-hydrogen) atoms. The number of fused-ring (bicyclic) bond motifs is 2. The Kier molecular flexibility index (Phi) is 8.03. The van der Waals surface area contributed by atoms with Gasteiger partial charge in [-0.05, 0) is 79.4 Å². The maximum absolute atomic E-state index is 13.9. The number of hydrogen-bond donors (Lipinski definition) is 1. The van der Waals surface area contributed by atoms with Gasteiger partial charge in [0, 0.05) is 5.56 Å². The first-order valence-corrected chi connectivity index (χ1v) is 16.2. The summed E-state index contributed by atoms with van der Waals surface area (Å²) in [6.45, 7) is 7.30. The van der Waals surface area contributed by atoms with E-state index in [9.17, 15) is 14.7 Å². The number of carbonyl (C=O) groups excluding carboxylic acids is 2. The lowest BCUT2D eigenvalue weighted by Crippen LogP contribution is -2.29. The van der Waals surface area contributed by atoms with Gasteiger partial charge in [-0.1, -0.05) is 53.8 Å². The van der Waals surface area contributed by atoms with Gasteiger partial charge in [-0.3, -0.25) is 14.5 Å². The van der Waals surface area contributed by atoms with E-state index in [0.29, 0.717) is 65.7 Å². The van der Waals surface area contributed by atoms with Crippen LogP contribution in [0.3, 0.4) is 0 Å². The van der Waals surface area contributed by atoms with Gasteiger partial charge < -0.3 is 24.1 Å². The number of rotatable bonds is 8. The van der Waals surface area contributed by atoms with E-state index in [1.54, 1.807) is 36.4 Å². The van der Waals surface area contributed by atoms with Crippen LogP contribution >= 0.6 is 11.3 Å². The zero-order chi connectivity index (χ0) is 32.7. The molecule has 2 aliphatic rings. The number of carbonyl (C=O) groups is 2. The van der Waals surface area contributed by atoms with Crippen molar-refractivity contribution in [2.45, 2.75) is 33.4 Å². The number of aliphatic hydroxyl groups is 1. The fourth-order valence-corrected chi connectivity index (χ4v) is 7.14. The molecule has 1 saturated heterocycles. The minimum atomic E-state index is -1.01. The summed E-state index contributed by atoms with van der Waals surface area (Å²) in [4.78, 5) is 34.0. The standard InChI is InChI=1S/C37H32N2O7S/c1-4-43-28-18-24(10-12-27(28)46-20-23-8-6-5-7-9-23)33-31(34(40)25-11-13-26-29(19-25)45-15-14-44-26)35(41)36(42)39(33)37-38-32-22(3)16-21(2)17-30(32)47-37/h5-13,16-19,33,40H,4,14-15,20H2,1-3H3/t33-/m0/s1. The topological polar surface area (TPSA) is 107 Å². The number of amides is 1. The minimum absolute atomic E-state index is 0.0701. The van der Waals surface area contributed by atoms with Crippen molar-refractivity contribution < 1.29 is 33.6 Å². The average molecular weight is 649 g/mol. The van der Waals surface area contributed by atoms with E-state index in [1.165, 1.54) is 16.2 Å². The normalized spacial score (nSPS) is 16.9. The van der Waals surface area contributed by atoms with Gasteiger partial charge in [-0.2, -0.15) is 0 Å². The SMILES string of the molecule is CCOc1cc([C@H]2C(=C(O)c3ccc4c(c3)OCCO4)C(=O)C(=O)N2c2nc3c(C)cc(C)cc3s2)ccc1OCc1ccccc1. The predicted molar refractivity (Wildman–Crippen MR) is 180 cm³/mol. The van der Waals surface area contributed by atoms with E-state index in [1.807, 2.05) is 63.2 Å². The van der Waals surface area contributed by atoms with Crippen molar-refractivity contribution in [3.05, 3.63) is 112 Å². The Bertz CT molecular complexity index is 2050. The fourth-order valence-electron chi connectivity index (χ4n) is 5.97. The first kappa shape index (κ1) is 30.3. The maximum Gasteiger partial charge on any atom is 0.301 e. The van der Waals surface area contributed by atoms with Crippen LogP contribution in [0.2, 0.25) is 0 Å². The van der Waals surface area contributed by atoms with E-state index in [-0.39, 0.29) is 11.3 Å². The second-order valence-corrected chi connectivity index (χ2v) is 12.4. The maximum atomic E-state index is 13.9. The predicted octanol–water partition coefficient (Wildman–Crippen LogP) is 7.29. The molecule has 1 aromatic heterocycles. The Balaban J connectivity index is 1.37. The number of aryl methyl sites for hydroxylation is 2. The summed E-state index contributed by atoms with van der Waals surface area (Å²) in [6, 6.07) is 23.1. The van der Waals surface area contributed by atoms with Crippen LogP contribution in [0, 0.1) is 13.8 Å². The summed E-state index contributed by atoms with van der Waals surface area (Å²) in [7, 11) is 0. The molecule has 0 bridgehead atoms. The number of benzene rings is 4. The van der Waals surface area contributed by atoms with Gasteiger partial charge in [-0.15, -0.1) is 0 Å². The quantitative estimate of drug-likeness (QED) is 0.106. The molecule has 1 fully saturated rings. The van der Waals surface area contributed by atoms with Crippen LogP contribution in [-0.2, 0) is 16.2 Å². The van der Waals surface area contributed by atoms with Gasteiger partial charge in [0.2, 0.25) is 0 Å². The number of ketones is 1. The highest BCUT2D eigenvalue weighted by atomic mass is 32.1. The number of aliphatic hydroxyl groups excluding tert-OH is 1. The summed E-state index contributed by atoms with van der Waals surface area (Å²) in [5, 5.41) is 12.1. The molecule has 0 saturated carbocycles. The van der Waals surface area contributed by atoms with Crippen molar-refractivity contribution in [1.82, 2.24) is 4.98 Å². The first-order valence-electron chi connectivity index (χ1n) is 15.3. The Labute approximate surface area is 275 Å². The third kappa shape index (κ3) is 5.65. The number of Topliss-reactive ketones (excluding diaryl/α,β-unsaturated/α-hetero) is 1. The van der Waals surface area contributed by atoms with E-state index in [0.717, 1.165) is 26.9 Å². The Morgan fingerprint density at radius 2 is 1.72 bits per heavy atom. The van der Waals surface area contributed by atoms with Crippen LogP contribution in [0.5, 0.6) is 23.0 Å². The summed E-state index contributed by atoms with van der Waals surface area (Å²) in [6.07, 6.45) is 0. The van der Waals surface area contributed by atoms with Crippen LogP contribution < -0.4 is 23.8 Å². The molecule has 2 aliphatic heterocycles. The van der Waals surface area contributed by atoms with Crippen molar-refractivity contribution in [2.75, 3.05) is 24.7 Å². The zero-order valence-electron chi connectivity index (χ0n) is 26.1. The van der Waals surface area contributed by atoms with Gasteiger partial charge in [0.05, 0.1) is 28.4 Å². The number of hydrogen-bond acceptors (Lipinski definition) is 9. The van der Waals surface area contributed by atoms with Gasteiger partial charge in [0.15, 0.2) is 28.1 Å². The van der Waals surface area contributed by atoms with Crippen molar-refractivity contribution >= 4 is 44.1 Å². The second-order valence-electron chi connectivity index (χ2n) is 11.4. The summed E-state index contributed by atoms with van der Waals surface area (Å²) in [5.74, 6) is 0.0000958. The zero-order valence-corrected chi connectivity index (χ0v) is 26.9. The largest absolute Gasteiger partial charge is 0.507 e. The van der Waals surface area contributed by atoms with Gasteiger partial charge in [0.1, 0.15) is 25.6 Å². The van der Waals surface area contributed by atoms with E-state index in [2.05, 4.69) is 0 Å². The molecule has 0 aliphatic carbocycles. The lowest BCUT2D eigenvalue weighted by molar-refractivity contribution is -0.132.